The molecule has 10 heavy (non-hydrogen) atoms. The minimum atomic E-state index is 0.894. The molecule has 58 valence electrons. The van der Waals surface area contributed by atoms with Gasteiger partial charge in [0.2, 0.25) is 0 Å². The molecule has 0 atom stereocenters. The van der Waals surface area contributed by atoms with Gasteiger partial charge in [-0.1, -0.05) is 0 Å². The van der Waals surface area contributed by atoms with Crippen LogP contribution in [0.4, 0.5) is 0 Å². The highest BCUT2D eigenvalue weighted by atomic mass is 15.2. The van der Waals surface area contributed by atoms with Gasteiger partial charge in [-0.15, -0.1) is 0 Å². The van der Waals surface area contributed by atoms with E-state index in [0.717, 1.165) is 12.0 Å². The second-order valence-electron chi connectivity index (χ2n) is 3.77. The molecule has 1 N–H and O–H groups in total. The molecular formula is C8H16N2. The van der Waals surface area contributed by atoms with Crippen molar-refractivity contribution in [2.24, 2.45) is 5.92 Å². The van der Waals surface area contributed by atoms with E-state index in [1.54, 1.807) is 0 Å². The quantitative estimate of drug-likeness (QED) is 0.606. The molecule has 2 rings (SSSR count). The minimum absolute atomic E-state index is 0.894. The van der Waals surface area contributed by atoms with Gasteiger partial charge in [0.05, 0.1) is 0 Å². The molecule has 0 aromatic rings. The van der Waals surface area contributed by atoms with Crippen LogP contribution >= 0.6 is 0 Å². The molecule has 2 aliphatic rings. The Hall–Kier alpha value is -0.0800. The van der Waals surface area contributed by atoms with Gasteiger partial charge >= 0.3 is 0 Å². The first-order valence-electron chi connectivity index (χ1n) is 4.26. The molecule has 2 heteroatoms. The summed E-state index contributed by atoms with van der Waals surface area (Å²) in [4.78, 5) is 2.37. The second-order valence-corrected chi connectivity index (χ2v) is 3.77. The Morgan fingerprint density at radius 1 is 1.40 bits per heavy atom. The summed E-state index contributed by atoms with van der Waals surface area (Å²) in [6.45, 7) is 3.87. The number of hydrogen-bond acceptors (Lipinski definition) is 2. The van der Waals surface area contributed by atoms with Crippen molar-refractivity contribution in [2.45, 2.75) is 18.9 Å². The van der Waals surface area contributed by atoms with Crippen molar-refractivity contribution in [1.29, 1.82) is 0 Å². The van der Waals surface area contributed by atoms with Crippen LogP contribution in [0.1, 0.15) is 12.8 Å². The van der Waals surface area contributed by atoms with Crippen molar-refractivity contribution in [3.05, 3.63) is 0 Å². The number of nitrogens with one attached hydrogen (secondary N) is 1. The predicted octanol–water partition coefficient (Wildman–Crippen LogP) is 0.300. The van der Waals surface area contributed by atoms with Crippen LogP contribution in [0.15, 0.2) is 0 Å². The van der Waals surface area contributed by atoms with E-state index in [0.29, 0.717) is 0 Å². The normalized spacial score (nSPS) is 28.5. The first-order chi connectivity index (χ1) is 4.84. The lowest BCUT2D eigenvalue weighted by molar-refractivity contribution is 0.132. The smallest absolute Gasteiger partial charge is 0.00683 e. The van der Waals surface area contributed by atoms with Gasteiger partial charge in [0.15, 0.2) is 0 Å². The minimum Gasteiger partial charge on any atom is -0.314 e. The third kappa shape index (κ3) is 1.50. The molecule has 2 nitrogen and oxygen atoms in total. The Morgan fingerprint density at radius 3 is 2.60 bits per heavy atom. The highest BCUT2D eigenvalue weighted by Crippen LogP contribution is 2.20. The average Bonchev–Trinajstić information content (AvgIpc) is 2.60. The van der Waals surface area contributed by atoms with E-state index in [9.17, 15) is 0 Å². The molecular weight excluding hydrogens is 124 g/mol. The van der Waals surface area contributed by atoms with Gasteiger partial charge in [-0.2, -0.15) is 0 Å². The summed E-state index contributed by atoms with van der Waals surface area (Å²) in [6.07, 6.45) is 2.84. The van der Waals surface area contributed by atoms with Crippen molar-refractivity contribution < 1.29 is 0 Å². The molecule has 0 radical (unpaired) electrons. The standard InChI is InChI=1S/C8H16N2/c1-10-5-7(6-10)4-9-8-2-3-8/h7-9H,2-6H2,1H3. The molecule has 2 fully saturated rings. The summed E-state index contributed by atoms with van der Waals surface area (Å²) in [5.74, 6) is 0.950. The Morgan fingerprint density at radius 2 is 2.10 bits per heavy atom. The summed E-state index contributed by atoms with van der Waals surface area (Å²) in [5.41, 5.74) is 0. The van der Waals surface area contributed by atoms with Crippen molar-refractivity contribution in [2.75, 3.05) is 26.7 Å². The van der Waals surface area contributed by atoms with E-state index in [4.69, 9.17) is 0 Å². The maximum Gasteiger partial charge on any atom is 0.00683 e. The molecule has 1 saturated heterocycles. The van der Waals surface area contributed by atoms with Gasteiger partial charge in [-0.05, 0) is 25.8 Å². The maximum atomic E-state index is 3.55. The first kappa shape index (κ1) is 6.62. The Balaban J connectivity index is 1.54. The zero-order chi connectivity index (χ0) is 6.97. The van der Waals surface area contributed by atoms with Crippen molar-refractivity contribution in [3.8, 4) is 0 Å². The Bertz CT molecular complexity index is 114. The summed E-state index contributed by atoms with van der Waals surface area (Å²) < 4.78 is 0. The van der Waals surface area contributed by atoms with E-state index in [2.05, 4.69) is 17.3 Å². The van der Waals surface area contributed by atoms with Crippen molar-refractivity contribution in [3.63, 3.8) is 0 Å². The highest BCUT2D eigenvalue weighted by molar-refractivity contribution is 4.85. The van der Waals surface area contributed by atoms with Crippen LogP contribution in [0.25, 0.3) is 0 Å². The predicted molar refractivity (Wildman–Crippen MR) is 42.0 cm³/mol. The number of hydrogen-bond donors (Lipinski definition) is 1. The van der Waals surface area contributed by atoms with Crippen molar-refractivity contribution >= 4 is 0 Å². The van der Waals surface area contributed by atoms with Gasteiger partial charge < -0.3 is 10.2 Å². The topological polar surface area (TPSA) is 15.3 Å². The maximum absolute atomic E-state index is 3.55. The van der Waals surface area contributed by atoms with Crippen LogP contribution in [-0.4, -0.2) is 37.6 Å². The van der Waals surface area contributed by atoms with Crippen LogP contribution in [-0.2, 0) is 0 Å². The van der Waals surface area contributed by atoms with Crippen LogP contribution in [0, 0.1) is 5.92 Å². The summed E-state index contributed by atoms with van der Waals surface area (Å²) in [6, 6.07) is 0.894. The van der Waals surface area contributed by atoms with E-state index in [1.807, 2.05) is 0 Å². The van der Waals surface area contributed by atoms with Crippen LogP contribution in [0.2, 0.25) is 0 Å². The van der Waals surface area contributed by atoms with Gasteiger partial charge in [0.25, 0.3) is 0 Å². The molecule has 0 spiro atoms. The zero-order valence-electron chi connectivity index (χ0n) is 6.64. The molecule has 0 amide bonds. The van der Waals surface area contributed by atoms with Crippen LogP contribution < -0.4 is 5.32 Å². The zero-order valence-corrected chi connectivity index (χ0v) is 6.64. The molecule has 0 aromatic heterocycles. The third-order valence-corrected chi connectivity index (χ3v) is 2.41. The first-order valence-corrected chi connectivity index (χ1v) is 4.26. The lowest BCUT2D eigenvalue weighted by Gasteiger charge is -2.36. The van der Waals surface area contributed by atoms with Gasteiger partial charge in [-0.3, -0.25) is 0 Å². The Labute approximate surface area is 62.6 Å². The highest BCUT2D eigenvalue weighted by Gasteiger charge is 2.26. The van der Waals surface area contributed by atoms with E-state index >= 15 is 0 Å². The van der Waals surface area contributed by atoms with E-state index in [-0.39, 0.29) is 0 Å². The second kappa shape index (κ2) is 2.51. The molecule has 1 aliphatic heterocycles. The molecule has 1 aliphatic carbocycles. The number of likely N-dealkylation sites (tertiary alicyclic amines) is 1. The average molecular weight is 140 g/mol. The SMILES string of the molecule is CN1CC(CNC2CC2)C1. The number of nitrogens with zero attached hydrogens (tertiary/aromatic N) is 1. The van der Waals surface area contributed by atoms with Gasteiger partial charge in [0.1, 0.15) is 0 Å². The summed E-state index contributed by atoms with van der Waals surface area (Å²) in [5, 5.41) is 3.55. The molecule has 1 saturated carbocycles. The number of rotatable bonds is 3. The lowest BCUT2D eigenvalue weighted by atomic mass is 10.0. The summed E-state index contributed by atoms with van der Waals surface area (Å²) >= 11 is 0. The van der Waals surface area contributed by atoms with E-state index < -0.39 is 0 Å². The van der Waals surface area contributed by atoms with Crippen LogP contribution in [0.3, 0.4) is 0 Å². The lowest BCUT2D eigenvalue weighted by Crippen LogP contribution is -2.48. The van der Waals surface area contributed by atoms with Gasteiger partial charge in [-0.25, -0.2) is 0 Å². The third-order valence-electron chi connectivity index (χ3n) is 2.41. The molecule has 1 heterocycles. The van der Waals surface area contributed by atoms with Crippen molar-refractivity contribution in [1.82, 2.24) is 10.2 Å². The van der Waals surface area contributed by atoms with E-state index in [1.165, 1.54) is 32.5 Å². The largest absolute Gasteiger partial charge is 0.314 e. The fourth-order valence-electron chi connectivity index (χ4n) is 1.58. The monoisotopic (exact) mass is 140 g/mol. The van der Waals surface area contributed by atoms with Gasteiger partial charge in [0, 0.05) is 25.7 Å². The fourth-order valence-corrected chi connectivity index (χ4v) is 1.58. The molecule has 0 unspecified atom stereocenters. The summed E-state index contributed by atoms with van der Waals surface area (Å²) in [7, 11) is 2.19. The van der Waals surface area contributed by atoms with Crippen LogP contribution in [0.5, 0.6) is 0 Å². The molecule has 0 bridgehead atoms. The molecule has 0 aromatic carbocycles. The fraction of sp³-hybridized carbons (Fsp3) is 1.00. The Kier molecular flexibility index (Phi) is 1.66.